The van der Waals surface area contributed by atoms with Crippen molar-refractivity contribution >= 4 is 0 Å². The predicted octanol–water partition coefficient (Wildman–Crippen LogP) is 2.33. The lowest BCUT2D eigenvalue weighted by Crippen LogP contribution is -2.29. The first-order valence-electron chi connectivity index (χ1n) is 5.67. The highest BCUT2D eigenvalue weighted by atomic mass is 15.5. The van der Waals surface area contributed by atoms with Crippen LogP contribution in [0.3, 0.4) is 0 Å². The molecule has 0 bridgehead atoms. The number of hydrogen-bond donors (Lipinski definition) is 1. The lowest BCUT2D eigenvalue weighted by Gasteiger charge is -2.18. The molecule has 0 saturated carbocycles. The van der Waals surface area contributed by atoms with Crippen LogP contribution < -0.4 is 5.43 Å². The van der Waals surface area contributed by atoms with Crippen molar-refractivity contribution in [2.24, 2.45) is 5.41 Å². The van der Waals surface area contributed by atoms with Gasteiger partial charge in [0.05, 0.1) is 12.2 Å². The van der Waals surface area contributed by atoms with Crippen molar-refractivity contribution in [2.75, 3.05) is 6.54 Å². The molecule has 0 saturated heterocycles. The van der Waals surface area contributed by atoms with Crippen LogP contribution in [0.4, 0.5) is 0 Å². The molecule has 16 heavy (non-hydrogen) atoms. The molecule has 0 atom stereocenters. The van der Waals surface area contributed by atoms with Gasteiger partial charge in [-0.2, -0.15) is 0 Å². The fourth-order valence-electron chi connectivity index (χ4n) is 1.69. The maximum absolute atomic E-state index is 4.32. The summed E-state index contributed by atoms with van der Waals surface area (Å²) in [6, 6.07) is 6.01. The number of pyridine rings is 1. The summed E-state index contributed by atoms with van der Waals surface area (Å²) in [6.45, 7) is 8.48. The van der Waals surface area contributed by atoms with Crippen molar-refractivity contribution in [2.45, 2.75) is 27.3 Å². The van der Waals surface area contributed by atoms with Gasteiger partial charge in [-0.3, -0.25) is 4.98 Å². The highest BCUT2D eigenvalue weighted by Crippen LogP contribution is 2.27. The Morgan fingerprint density at radius 3 is 2.75 bits per heavy atom. The zero-order chi connectivity index (χ0) is 11.6. The third kappa shape index (κ3) is 2.61. The van der Waals surface area contributed by atoms with Crippen molar-refractivity contribution in [3.8, 4) is 0 Å². The van der Waals surface area contributed by atoms with E-state index in [1.165, 1.54) is 5.57 Å². The SMILES string of the molecule is CC(C)(C)C1=CN(Cc2ccccn2)NC1. The van der Waals surface area contributed by atoms with Crippen molar-refractivity contribution in [1.82, 2.24) is 15.4 Å². The van der Waals surface area contributed by atoms with Gasteiger partial charge >= 0.3 is 0 Å². The minimum Gasteiger partial charge on any atom is -0.309 e. The maximum Gasteiger partial charge on any atom is 0.0760 e. The summed E-state index contributed by atoms with van der Waals surface area (Å²) in [5, 5.41) is 2.11. The molecule has 0 aromatic carbocycles. The summed E-state index contributed by atoms with van der Waals surface area (Å²) in [7, 11) is 0. The Morgan fingerprint density at radius 2 is 2.19 bits per heavy atom. The minimum atomic E-state index is 0.242. The van der Waals surface area contributed by atoms with E-state index in [0.29, 0.717) is 0 Å². The molecule has 0 amide bonds. The second-order valence-corrected chi connectivity index (χ2v) is 5.19. The van der Waals surface area contributed by atoms with Gasteiger partial charge in [-0.1, -0.05) is 26.8 Å². The molecule has 1 aliphatic rings. The Hall–Kier alpha value is -1.35. The Bertz CT molecular complexity index is 376. The van der Waals surface area contributed by atoms with E-state index in [-0.39, 0.29) is 5.41 Å². The van der Waals surface area contributed by atoms with Crippen LogP contribution in [0, 0.1) is 5.41 Å². The minimum absolute atomic E-state index is 0.242. The van der Waals surface area contributed by atoms with E-state index in [0.717, 1.165) is 18.8 Å². The van der Waals surface area contributed by atoms with E-state index in [4.69, 9.17) is 0 Å². The fourth-order valence-corrected chi connectivity index (χ4v) is 1.69. The highest BCUT2D eigenvalue weighted by Gasteiger charge is 2.22. The predicted molar refractivity (Wildman–Crippen MR) is 65.3 cm³/mol. The van der Waals surface area contributed by atoms with Crippen LogP contribution in [0.5, 0.6) is 0 Å². The van der Waals surface area contributed by atoms with Crippen molar-refractivity contribution < 1.29 is 0 Å². The highest BCUT2D eigenvalue weighted by molar-refractivity contribution is 5.16. The zero-order valence-corrected chi connectivity index (χ0v) is 10.2. The van der Waals surface area contributed by atoms with E-state index < -0.39 is 0 Å². The lowest BCUT2D eigenvalue weighted by molar-refractivity contribution is 0.294. The molecule has 0 spiro atoms. The van der Waals surface area contributed by atoms with Gasteiger partial charge in [-0.25, -0.2) is 5.43 Å². The molecule has 0 aliphatic carbocycles. The van der Waals surface area contributed by atoms with Gasteiger partial charge in [0.25, 0.3) is 0 Å². The first-order chi connectivity index (χ1) is 7.55. The van der Waals surface area contributed by atoms with Gasteiger partial charge in [-0.05, 0) is 23.1 Å². The smallest absolute Gasteiger partial charge is 0.0760 e. The number of hydrazine groups is 1. The van der Waals surface area contributed by atoms with Crippen molar-refractivity contribution in [3.05, 3.63) is 41.9 Å². The molecular weight excluding hydrogens is 198 g/mol. The van der Waals surface area contributed by atoms with Crippen LogP contribution in [0.15, 0.2) is 36.2 Å². The van der Waals surface area contributed by atoms with Crippen molar-refractivity contribution in [3.63, 3.8) is 0 Å². The Morgan fingerprint density at radius 1 is 1.38 bits per heavy atom. The molecule has 0 fully saturated rings. The second kappa shape index (κ2) is 4.26. The van der Waals surface area contributed by atoms with Gasteiger partial charge in [0.2, 0.25) is 0 Å². The molecule has 3 nitrogen and oxygen atoms in total. The second-order valence-electron chi connectivity index (χ2n) is 5.19. The van der Waals surface area contributed by atoms with Gasteiger partial charge in [0, 0.05) is 18.9 Å². The Balaban J connectivity index is 2.02. The number of nitrogens with zero attached hydrogens (tertiary/aromatic N) is 2. The fraction of sp³-hybridized carbons (Fsp3) is 0.462. The third-order valence-electron chi connectivity index (χ3n) is 2.81. The summed E-state index contributed by atoms with van der Waals surface area (Å²) in [5.74, 6) is 0. The molecule has 1 aliphatic heterocycles. The van der Waals surface area contributed by atoms with E-state index in [1.807, 2.05) is 24.4 Å². The van der Waals surface area contributed by atoms with E-state index in [1.54, 1.807) is 0 Å². The molecule has 2 rings (SSSR count). The van der Waals surface area contributed by atoms with Crippen LogP contribution in [-0.2, 0) is 6.54 Å². The molecule has 3 heteroatoms. The molecular formula is C13H19N3. The van der Waals surface area contributed by atoms with Crippen LogP contribution in [-0.4, -0.2) is 16.5 Å². The summed E-state index contributed by atoms with van der Waals surface area (Å²) in [4.78, 5) is 4.32. The lowest BCUT2D eigenvalue weighted by atomic mass is 9.87. The number of aromatic nitrogens is 1. The summed E-state index contributed by atoms with van der Waals surface area (Å²) < 4.78 is 0. The number of hydrogen-bond acceptors (Lipinski definition) is 3. The Labute approximate surface area is 97.2 Å². The standard InChI is InChI=1S/C13H19N3/c1-13(2,3)11-8-15-16(9-11)10-12-6-4-5-7-14-12/h4-7,9,15H,8,10H2,1-3H3. The Kier molecular flexibility index (Phi) is 2.97. The van der Waals surface area contributed by atoms with Crippen LogP contribution in [0.1, 0.15) is 26.5 Å². The number of rotatable bonds is 2. The molecule has 2 heterocycles. The van der Waals surface area contributed by atoms with Crippen molar-refractivity contribution in [1.29, 1.82) is 0 Å². The van der Waals surface area contributed by atoms with E-state index in [2.05, 4.69) is 42.4 Å². The van der Waals surface area contributed by atoms with Crippen LogP contribution in [0.2, 0.25) is 0 Å². The summed E-state index contributed by atoms with van der Waals surface area (Å²) in [6.07, 6.45) is 4.04. The molecule has 1 N–H and O–H groups in total. The van der Waals surface area contributed by atoms with Crippen LogP contribution >= 0.6 is 0 Å². The molecule has 1 aromatic rings. The summed E-state index contributed by atoms with van der Waals surface area (Å²) >= 11 is 0. The third-order valence-corrected chi connectivity index (χ3v) is 2.81. The van der Waals surface area contributed by atoms with Crippen LogP contribution in [0.25, 0.3) is 0 Å². The summed E-state index contributed by atoms with van der Waals surface area (Å²) in [5.41, 5.74) is 6.12. The van der Waals surface area contributed by atoms with E-state index in [9.17, 15) is 0 Å². The molecule has 0 radical (unpaired) electrons. The number of nitrogens with one attached hydrogen (secondary N) is 1. The van der Waals surface area contributed by atoms with E-state index >= 15 is 0 Å². The monoisotopic (exact) mass is 217 g/mol. The average Bonchev–Trinajstić information content (AvgIpc) is 2.67. The molecule has 1 aromatic heterocycles. The van der Waals surface area contributed by atoms with Gasteiger partial charge in [0.1, 0.15) is 0 Å². The quantitative estimate of drug-likeness (QED) is 0.824. The topological polar surface area (TPSA) is 28.2 Å². The molecule has 86 valence electrons. The van der Waals surface area contributed by atoms with Gasteiger partial charge in [-0.15, -0.1) is 0 Å². The van der Waals surface area contributed by atoms with Gasteiger partial charge in [0.15, 0.2) is 0 Å². The largest absolute Gasteiger partial charge is 0.309 e. The molecule has 0 unspecified atom stereocenters. The first kappa shape index (κ1) is 11.1. The zero-order valence-electron chi connectivity index (χ0n) is 10.2. The van der Waals surface area contributed by atoms with Gasteiger partial charge < -0.3 is 5.01 Å². The first-order valence-corrected chi connectivity index (χ1v) is 5.67. The maximum atomic E-state index is 4.32. The normalized spacial score (nSPS) is 16.4. The average molecular weight is 217 g/mol.